The lowest BCUT2D eigenvalue weighted by Crippen LogP contribution is -2.14. The molecule has 0 aliphatic heterocycles. The minimum absolute atomic E-state index is 0.0143. The maximum atomic E-state index is 2.47. The SMILES string of the molecule is CC1(C)c2ccccc2-c2cc(-c3c4ccccc4c(-c4ccc5sc6cc7sc8c9ccccc9ccc8c7cc6c5c4)c4ccccc34)ccc21. The van der Waals surface area contributed by atoms with Crippen LogP contribution in [0.3, 0.4) is 0 Å². The Labute approximate surface area is 315 Å². The van der Waals surface area contributed by atoms with Crippen LogP contribution < -0.4 is 0 Å². The van der Waals surface area contributed by atoms with Gasteiger partial charge >= 0.3 is 0 Å². The topological polar surface area (TPSA) is 0 Å². The molecule has 9 aromatic carbocycles. The van der Waals surface area contributed by atoms with Gasteiger partial charge in [0.1, 0.15) is 0 Å². The van der Waals surface area contributed by atoms with Crippen LogP contribution in [0.2, 0.25) is 0 Å². The minimum atomic E-state index is -0.0143. The Hall–Kier alpha value is -5.80. The van der Waals surface area contributed by atoms with Crippen LogP contribution in [0.1, 0.15) is 25.0 Å². The number of hydrogen-bond acceptors (Lipinski definition) is 2. The molecule has 0 unspecified atom stereocenters. The quantitative estimate of drug-likeness (QED) is 0.157. The number of benzene rings is 9. The summed E-state index contributed by atoms with van der Waals surface area (Å²) >= 11 is 3.84. The summed E-state index contributed by atoms with van der Waals surface area (Å²) in [6.45, 7) is 4.72. The Morgan fingerprint density at radius 1 is 0.358 bits per heavy atom. The number of fused-ring (bicyclic) bond motifs is 13. The maximum Gasteiger partial charge on any atom is 0.0433 e. The Kier molecular flexibility index (Phi) is 5.97. The standard InChI is InChI=1S/C51H32S2/c1-51(2)43-18-10-9-13-33(43)39-25-30(20-23-44(39)51)48-34-14-5-7-16-36(34)49(37-17-8-6-15-35(37)48)31-21-24-45-40(26-31)42-27-41-38-22-19-29-11-3-4-12-32(29)50(38)53-47(41)28-46(42)52-45/h3-28H,1-2H3. The van der Waals surface area contributed by atoms with Crippen LogP contribution in [0.5, 0.6) is 0 Å². The molecule has 1 aliphatic carbocycles. The molecule has 0 bridgehead atoms. The van der Waals surface area contributed by atoms with Gasteiger partial charge in [-0.05, 0) is 107 Å². The molecular weight excluding hydrogens is 677 g/mol. The summed E-state index contributed by atoms with van der Waals surface area (Å²) in [7, 11) is 0. The lowest BCUT2D eigenvalue weighted by atomic mass is 9.81. The molecule has 0 N–H and O–H groups in total. The first-order chi connectivity index (χ1) is 26.0. The smallest absolute Gasteiger partial charge is 0.0433 e. The first-order valence-corrected chi connectivity index (χ1v) is 20.1. The first kappa shape index (κ1) is 29.7. The molecule has 53 heavy (non-hydrogen) atoms. The van der Waals surface area contributed by atoms with E-state index in [-0.39, 0.29) is 5.41 Å². The predicted molar refractivity (Wildman–Crippen MR) is 233 cm³/mol. The van der Waals surface area contributed by atoms with Gasteiger partial charge in [0, 0.05) is 45.8 Å². The normalized spacial score (nSPS) is 13.6. The molecule has 2 heterocycles. The van der Waals surface area contributed by atoms with Gasteiger partial charge in [0.05, 0.1) is 0 Å². The van der Waals surface area contributed by atoms with Crippen molar-refractivity contribution in [1.29, 1.82) is 0 Å². The van der Waals surface area contributed by atoms with E-state index < -0.39 is 0 Å². The molecule has 0 fully saturated rings. The van der Waals surface area contributed by atoms with Gasteiger partial charge in [0.25, 0.3) is 0 Å². The zero-order valence-electron chi connectivity index (χ0n) is 29.3. The van der Waals surface area contributed by atoms with Crippen LogP contribution in [0.4, 0.5) is 0 Å². The second-order valence-corrected chi connectivity index (χ2v) is 17.3. The third-order valence-electron chi connectivity index (χ3n) is 12.0. The molecule has 0 spiro atoms. The minimum Gasteiger partial charge on any atom is -0.135 e. The van der Waals surface area contributed by atoms with E-state index in [4.69, 9.17) is 0 Å². The summed E-state index contributed by atoms with van der Waals surface area (Å²) in [6.07, 6.45) is 0. The number of rotatable bonds is 2. The average molecular weight is 709 g/mol. The van der Waals surface area contributed by atoms with Crippen molar-refractivity contribution in [3.63, 3.8) is 0 Å². The van der Waals surface area contributed by atoms with Crippen LogP contribution in [-0.2, 0) is 5.41 Å². The Morgan fingerprint density at radius 3 is 1.68 bits per heavy atom. The van der Waals surface area contributed by atoms with Crippen molar-refractivity contribution in [1.82, 2.24) is 0 Å². The molecule has 1 aliphatic rings. The summed E-state index contributed by atoms with van der Waals surface area (Å²) in [6, 6.07) is 59.7. The van der Waals surface area contributed by atoms with E-state index in [0.29, 0.717) is 0 Å². The highest BCUT2D eigenvalue weighted by Crippen LogP contribution is 2.52. The van der Waals surface area contributed by atoms with Crippen molar-refractivity contribution in [2.24, 2.45) is 0 Å². The molecule has 0 radical (unpaired) electrons. The summed E-state index contributed by atoms with van der Waals surface area (Å²) < 4.78 is 5.44. The van der Waals surface area contributed by atoms with Crippen LogP contribution in [0.25, 0.3) is 106 Å². The molecule has 2 heteroatoms. The van der Waals surface area contributed by atoms with Crippen molar-refractivity contribution in [2.45, 2.75) is 19.3 Å². The van der Waals surface area contributed by atoms with Gasteiger partial charge in [-0.1, -0.05) is 141 Å². The Bertz CT molecular complexity index is 3310. The second-order valence-electron chi connectivity index (χ2n) is 15.2. The van der Waals surface area contributed by atoms with Crippen molar-refractivity contribution >= 4 is 95.3 Å². The summed E-state index contributed by atoms with van der Waals surface area (Å²) in [4.78, 5) is 0. The highest BCUT2D eigenvalue weighted by Gasteiger charge is 2.35. The van der Waals surface area contributed by atoms with E-state index in [1.165, 1.54) is 117 Å². The lowest BCUT2D eigenvalue weighted by molar-refractivity contribution is 0.660. The van der Waals surface area contributed by atoms with Gasteiger partial charge in [-0.2, -0.15) is 0 Å². The fraction of sp³-hybridized carbons (Fsp3) is 0.0588. The number of thiophene rings is 2. The van der Waals surface area contributed by atoms with Crippen LogP contribution in [-0.4, -0.2) is 0 Å². The van der Waals surface area contributed by atoms with Crippen LogP contribution in [0.15, 0.2) is 158 Å². The van der Waals surface area contributed by atoms with Gasteiger partial charge < -0.3 is 0 Å². The highest BCUT2D eigenvalue weighted by atomic mass is 32.1. The van der Waals surface area contributed by atoms with E-state index in [1.54, 1.807) is 0 Å². The second kappa shape index (κ2) is 10.6. The molecule has 0 amide bonds. The Balaban J connectivity index is 1.10. The molecule has 0 saturated carbocycles. The van der Waals surface area contributed by atoms with Gasteiger partial charge in [-0.25, -0.2) is 0 Å². The maximum absolute atomic E-state index is 2.47. The molecule has 11 aromatic rings. The molecule has 2 aromatic heterocycles. The molecule has 0 saturated heterocycles. The van der Waals surface area contributed by atoms with Crippen molar-refractivity contribution < 1.29 is 0 Å². The van der Waals surface area contributed by atoms with Crippen molar-refractivity contribution in [2.75, 3.05) is 0 Å². The Morgan fingerprint density at radius 2 is 0.925 bits per heavy atom. The van der Waals surface area contributed by atoms with E-state index in [2.05, 4.69) is 172 Å². The largest absolute Gasteiger partial charge is 0.135 e. The summed E-state index contributed by atoms with van der Waals surface area (Å²) in [5, 5.41) is 13.2. The van der Waals surface area contributed by atoms with Crippen molar-refractivity contribution in [3.8, 4) is 33.4 Å². The van der Waals surface area contributed by atoms with Gasteiger partial charge in [0.15, 0.2) is 0 Å². The van der Waals surface area contributed by atoms with Gasteiger partial charge in [-0.15, -0.1) is 22.7 Å². The van der Waals surface area contributed by atoms with E-state index in [1.807, 2.05) is 22.7 Å². The number of hydrogen-bond donors (Lipinski definition) is 0. The van der Waals surface area contributed by atoms with E-state index in [9.17, 15) is 0 Å². The fourth-order valence-corrected chi connectivity index (χ4v) is 12.0. The van der Waals surface area contributed by atoms with E-state index >= 15 is 0 Å². The molecular formula is C51H32S2. The third kappa shape index (κ3) is 4.05. The monoisotopic (exact) mass is 708 g/mol. The molecule has 0 nitrogen and oxygen atoms in total. The average Bonchev–Trinajstić information content (AvgIpc) is 3.82. The first-order valence-electron chi connectivity index (χ1n) is 18.4. The summed E-state index contributed by atoms with van der Waals surface area (Å²) in [5.74, 6) is 0. The van der Waals surface area contributed by atoms with E-state index in [0.717, 1.165) is 0 Å². The summed E-state index contributed by atoms with van der Waals surface area (Å²) in [5.41, 5.74) is 10.7. The zero-order valence-corrected chi connectivity index (χ0v) is 31.0. The third-order valence-corrected chi connectivity index (χ3v) is 14.4. The zero-order chi connectivity index (χ0) is 35.0. The fourth-order valence-electron chi connectivity index (χ4n) is 9.56. The van der Waals surface area contributed by atoms with Gasteiger partial charge in [0.2, 0.25) is 0 Å². The molecule has 248 valence electrons. The molecule has 12 rings (SSSR count). The lowest BCUT2D eigenvalue weighted by Gasteiger charge is -2.22. The van der Waals surface area contributed by atoms with Gasteiger partial charge in [-0.3, -0.25) is 0 Å². The highest BCUT2D eigenvalue weighted by molar-refractivity contribution is 7.28. The predicted octanol–water partition coefficient (Wildman–Crippen LogP) is 15.5. The molecule has 0 atom stereocenters. The van der Waals surface area contributed by atoms with Crippen LogP contribution in [0, 0.1) is 0 Å². The van der Waals surface area contributed by atoms with Crippen LogP contribution >= 0.6 is 22.7 Å². The van der Waals surface area contributed by atoms with Crippen molar-refractivity contribution in [3.05, 3.63) is 169 Å².